The average molecular weight is 361 g/mol. The van der Waals surface area contributed by atoms with Gasteiger partial charge in [-0.25, -0.2) is 0 Å². The van der Waals surface area contributed by atoms with Crippen LogP contribution in [0.15, 0.2) is 53.0 Å². The molecule has 2 aromatic carbocycles. The van der Waals surface area contributed by atoms with Crippen LogP contribution in [0.4, 0.5) is 11.4 Å². The van der Waals surface area contributed by atoms with Gasteiger partial charge in [0.15, 0.2) is 0 Å². The van der Waals surface area contributed by atoms with E-state index in [4.69, 9.17) is 0 Å². The molecule has 2 aromatic rings. The number of unbranched alkanes of at least 4 members (excludes halogenated alkanes) is 1. The highest BCUT2D eigenvalue weighted by Gasteiger charge is 2.08. The first-order chi connectivity index (χ1) is 10.6. The van der Waals surface area contributed by atoms with Gasteiger partial charge < -0.3 is 10.2 Å². The van der Waals surface area contributed by atoms with E-state index in [1.165, 1.54) is 12.8 Å². The zero-order valence-electron chi connectivity index (χ0n) is 13.0. The Morgan fingerprint density at radius 2 is 1.82 bits per heavy atom. The third-order valence-corrected chi connectivity index (χ3v) is 4.23. The summed E-state index contributed by atoms with van der Waals surface area (Å²) >= 11 is 3.43. The first-order valence-electron chi connectivity index (χ1n) is 7.49. The van der Waals surface area contributed by atoms with Crippen molar-refractivity contribution in [2.75, 3.05) is 23.8 Å². The molecule has 4 heteroatoms. The van der Waals surface area contributed by atoms with E-state index in [-0.39, 0.29) is 5.91 Å². The Morgan fingerprint density at radius 3 is 2.45 bits per heavy atom. The maximum atomic E-state index is 12.3. The predicted molar refractivity (Wildman–Crippen MR) is 96.7 cm³/mol. The summed E-state index contributed by atoms with van der Waals surface area (Å²) in [4.78, 5) is 14.5. The number of halogens is 1. The van der Waals surface area contributed by atoms with Gasteiger partial charge in [-0.05, 0) is 58.7 Å². The number of amides is 1. The van der Waals surface area contributed by atoms with Crippen molar-refractivity contribution >= 4 is 33.2 Å². The van der Waals surface area contributed by atoms with Crippen LogP contribution < -0.4 is 10.2 Å². The van der Waals surface area contributed by atoms with Crippen LogP contribution in [0.3, 0.4) is 0 Å². The summed E-state index contributed by atoms with van der Waals surface area (Å²) in [6.07, 6.45) is 2.34. The minimum atomic E-state index is -0.102. The summed E-state index contributed by atoms with van der Waals surface area (Å²) in [6.45, 7) is 3.21. The van der Waals surface area contributed by atoms with Gasteiger partial charge in [0.2, 0.25) is 0 Å². The van der Waals surface area contributed by atoms with Crippen LogP contribution in [0.25, 0.3) is 0 Å². The van der Waals surface area contributed by atoms with E-state index in [1.54, 1.807) is 0 Å². The van der Waals surface area contributed by atoms with Gasteiger partial charge in [0.1, 0.15) is 0 Å². The maximum absolute atomic E-state index is 12.3. The topological polar surface area (TPSA) is 32.3 Å². The Hall–Kier alpha value is -1.81. The summed E-state index contributed by atoms with van der Waals surface area (Å²) in [7, 11) is 2.08. The van der Waals surface area contributed by atoms with Crippen LogP contribution in [0.1, 0.15) is 30.1 Å². The third-order valence-electron chi connectivity index (χ3n) is 3.54. The van der Waals surface area contributed by atoms with Crippen molar-refractivity contribution in [2.24, 2.45) is 0 Å². The number of hydrogen-bond donors (Lipinski definition) is 1. The molecular weight excluding hydrogens is 340 g/mol. The van der Waals surface area contributed by atoms with Crippen molar-refractivity contribution in [1.82, 2.24) is 0 Å². The molecule has 0 spiro atoms. The largest absolute Gasteiger partial charge is 0.375 e. The Bertz CT molecular complexity index is 625. The quantitative estimate of drug-likeness (QED) is 0.791. The minimum Gasteiger partial charge on any atom is -0.375 e. The summed E-state index contributed by atoms with van der Waals surface area (Å²) in [5.74, 6) is -0.102. The molecule has 22 heavy (non-hydrogen) atoms. The second kappa shape index (κ2) is 7.99. The van der Waals surface area contributed by atoms with Gasteiger partial charge in [0, 0.05) is 29.3 Å². The first-order valence-corrected chi connectivity index (χ1v) is 8.28. The highest BCUT2D eigenvalue weighted by atomic mass is 79.9. The van der Waals surface area contributed by atoms with E-state index >= 15 is 0 Å². The van der Waals surface area contributed by atoms with Crippen LogP contribution in [0, 0.1) is 0 Å². The second-order valence-electron chi connectivity index (χ2n) is 5.26. The Morgan fingerprint density at radius 1 is 1.14 bits per heavy atom. The molecule has 0 unspecified atom stereocenters. The van der Waals surface area contributed by atoms with E-state index in [2.05, 4.69) is 40.1 Å². The lowest BCUT2D eigenvalue weighted by Crippen LogP contribution is -2.18. The first kappa shape index (κ1) is 16.6. The minimum absolute atomic E-state index is 0.102. The van der Waals surface area contributed by atoms with Crippen molar-refractivity contribution in [3.8, 4) is 0 Å². The summed E-state index contributed by atoms with van der Waals surface area (Å²) in [6, 6.07) is 15.3. The third kappa shape index (κ3) is 4.34. The van der Waals surface area contributed by atoms with Crippen LogP contribution in [-0.2, 0) is 0 Å². The van der Waals surface area contributed by atoms with Crippen molar-refractivity contribution in [3.05, 3.63) is 58.6 Å². The molecule has 0 radical (unpaired) electrons. The molecule has 0 aliphatic rings. The van der Waals surface area contributed by atoms with Gasteiger partial charge in [-0.1, -0.05) is 25.5 Å². The molecule has 0 aliphatic heterocycles. The summed E-state index contributed by atoms with van der Waals surface area (Å²) in [5.41, 5.74) is 2.56. The van der Waals surface area contributed by atoms with Crippen LogP contribution >= 0.6 is 15.9 Å². The lowest BCUT2D eigenvalue weighted by atomic mass is 10.1. The number of para-hydroxylation sites is 1. The molecule has 0 saturated carbocycles. The zero-order valence-corrected chi connectivity index (χ0v) is 14.6. The molecule has 0 bridgehead atoms. The molecule has 0 saturated heterocycles. The van der Waals surface area contributed by atoms with Gasteiger partial charge in [-0.3, -0.25) is 4.79 Å². The molecule has 1 N–H and O–H groups in total. The average Bonchev–Trinajstić information content (AvgIpc) is 2.55. The SMILES string of the molecule is CCCCN(C)c1ccc(C(=O)Nc2ccccc2Br)cc1. The van der Waals surface area contributed by atoms with Gasteiger partial charge in [0.05, 0.1) is 5.69 Å². The van der Waals surface area contributed by atoms with E-state index in [1.807, 2.05) is 48.5 Å². The van der Waals surface area contributed by atoms with Crippen molar-refractivity contribution in [3.63, 3.8) is 0 Å². The molecule has 1 amide bonds. The van der Waals surface area contributed by atoms with Crippen molar-refractivity contribution in [2.45, 2.75) is 19.8 Å². The molecule has 116 valence electrons. The molecule has 0 aliphatic carbocycles. The highest BCUT2D eigenvalue weighted by Crippen LogP contribution is 2.22. The Kier molecular flexibility index (Phi) is 6.01. The molecule has 3 nitrogen and oxygen atoms in total. The number of nitrogens with zero attached hydrogens (tertiary/aromatic N) is 1. The number of benzene rings is 2. The van der Waals surface area contributed by atoms with Crippen LogP contribution in [0.5, 0.6) is 0 Å². The lowest BCUT2D eigenvalue weighted by Gasteiger charge is -2.19. The number of nitrogens with one attached hydrogen (secondary N) is 1. The number of hydrogen-bond acceptors (Lipinski definition) is 2. The van der Waals surface area contributed by atoms with Crippen LogP contribution in [-0.4, -0.2) is 19.5 Å². The zero-order chi connectivity index (χ0) is 15.9. The highest BCUT2D eigenvalue weighted by molar-refractivity contribution is 9.10. The van der Waals surface area contributed by atoms with Crippen molar-refractivity contribution in [1.29, 1.82) is 0 Å². The fraction of sp³-hybridized carbons (Fsp3) is 0.278. The molecule has 0 heterocycles. The number of carbonyl (C=O) groups excluding carboxylic acids is 1. The Labute approximate surface area is 140 Å². The summed E-state index contributed by atoms with van der Waals surface area (Å²) in [5, 5.41) is 2.91. The maximum Gasteiger partial charge on any atom is 0.255 e. The molecular formula is C18H21BrN2O. The van der Waals surface area contributed by atoms with E-state index in [0.717, 1.165) is 22.4 Å². The van der Waals surface area contributed by atoms with Crippen molar-refractivity contribution < 1.29 is 4.79 Å². The fourth-order valence-electron chi connectivity index (χ4n) is 2.15. The monoisotopic (exact) mass is 360 g/mol. The molecule has 0 fully saturated rings. The normalized spacial score (nSPS) is 10.3. The van der Waals surface area contributed by atoms with E-state index < -0.39 is 0 Å². The van der Waals surface area contributed by atoms with Gasteiger partial charge in [-0.2, -0.15) is 0 Å². The standard InChI is InChI=1S/C18H21BrN2O/c1-3-4-13-21(2)15-11-9-14(10-12-15)18(22)20-17-8-6-5-7-16(17)19/h5-12H,3-4,13H2,1-2H3,(H,20,22). The van der Waals surface area contributed by atoms with Gasteiger partial charge >= 0.3 is 0 Å². The Balaban J connectivity index is 2.04. The van der Waals surface area contributed by atoms with Crippen LogP contribution in [0.2, 0.25) is 0 Å². The number of rotatable bonds is 6. The molecule has 2 rings (SSSR count). The van der Waals surface area contributed by atoms with Gasteiger partial charge in [-0.15, -0.1) is 0 Å². The molecule has 0 aromatic heterocycles. The second-order valence-corrected chi connectivity index (χ2v) is 6.11. The smallest absolute Gasteiger partial charge is 0.255 e. The fourth-order valence-corrected chi connectivity index (χ4v) is 2.53. The number of anilines is 2. The van der Waals surface area contributed by atoms with Gasteiger partial charge in [0.25, 0.3) is 5.91 Å². The van der Waals surface area contributed by atoms with E-state index in [0.29, 0.717) is 5.56 Å². The summed E-state index contributed by atoms with van der Waals surface area (Å²) < 4.78 is 0.874. The predicted octanol–water partition coefficient (Wildman–Crippen LogP) is 4.94. The number of carbonyl (C=O) groups is 1. The van der Waals surface area contributed by atoms with E-state index in [9.17, 15) is 4.79 Å². The lowest BCUT2D eigenvalue weighted by molar-refractivity contribution is 0.102. The molecule has 0 atom stereocenters.